The summed E-state index contributed by atoms with van der Waals surface area (Å²) in [6.07, 6.45) is 4.10. The Kier molecular flexibility index (Phi) is 10.7. The highest BCUT2D eigenvalue weighted by Crippen LogP contribution is 2.05. The number of nitrogens with zero attached hydrogens (tertiary/aromatic N) is 2. The molecule has 2 aromatic heterocycles. The van der Waals surface area contributed by atoms with Crippen molar-refractivity contribution in [1.29, 1.82) is 0 Å². The van der Waals surface area contributed by atoms with Gasteiger partial charge in [0.15, 0.2) is 5.96 Å². The number of nitrogens with one attached hydrogen (secondary N) is 3. The molecule has 0 aromatic carbocycles. The van der Waals surface area contributed by atoms with Crippen LogP contribution in [0.25, 0.3) is 0 Å². The van der Waals surface area contributed by atoms with Crippen molar-refractivity contribution in [3.8, 4) is 0 Å². The van der Waals surface area contributed by atoms with Gasteiger partial charge in [0.1, 0.15) is 17.5 Å². The Balaban J connectivity index is 0.00000338. The van der Waals surface area contributed by atoms with E-state index in [1.165, 1.54) is 0 Å². The van der Waals surface area contributed by atoms with Crippen LogP contribution >= 0.6 is 35.6 Å². The minimum absolute atomic E-state index is 0. The molecule has 1 amide bonds. The number of carbonyl (C=O) groups is 1. The Morgan fingerprint density at radius 3 is 2.77 bits per heavy atom. The number of rotatable bonds is 8. The molecule has 3 N–H and O–H groups in total. The zero-order valence-corrected chi connectivity index (χ0v) is 17.6. The quantitative estimate of drug-likeness (QED) is 0.228. The van der Waals surface area contributed by atoms with Gasteiger partial charge in [-0.05, 0) is 37.1 Å². The molecule has 0 saturated heterocycles. The van der Waals surface area contributed by atoms with E-state index in [9.17, 15) is 4.79 Å². The molecule has 7 nitrogen and oxygen atoms in total. The summed E-state index contributed by atoms with van der Waals surface area (Å²) in [6, 6.07) is 7.28. The van der Waals surface area contributed by atoms with E-state index in [0.717, 1.165) is 12.0 Å². The van der Waals surface area contributed by atoms with E-state index in [1.807, 2.05) is 13.0 Å². The lowest BCUT2D eigenvalue weighted by Crippen LogP contribution is -2.39. The van der Waals surface area contributed by atoms with Crippen LogP contribution in [0.1, 0.15) is 18.2 Å². The lowest BCUT2D eigenvalue weighted by Gasteiger charge is -2.11. The van der Waals surface area contributed by atoms with Crippen molar-refractivity contribution in [1.82, 2.24) is 20.9 Å². The van der Waals surface area contributed by atoms with Crippen LogP contribution in [0.15, 0.2) is 46.1 Å². The highest BCUT2D eigenvalue weighted by Gasteiger charge is 2.04. The lowest BCUT2D eigenvalue weighted by atomic mass is 10.2. The molecule has 0 spiro atoms. The van der Waals surface area contributed by atoms with Gasteiger partial charge in [-0.1, -0.05) is 17.7 Å². The Morgan fingerprint density at radius 2 is 2.12 bits per heavy atom. The van der Waals surface area contributed by atoms with E-state index in [1.54, 1.807) is 30.7 Å². The van der Waals surface area contributed by atoms with E-state index in [4.69, 9.17) is 16.0 Å². The normalized spacial score (nSPS) is 10.8. The number of pyridine rings is 1. The number of guanidine groups is 1. The fourth-order valence-electron chi connectivity index (χ4n) is 2.03. The molecule has 142 valence electrons. The zero-order chi connectivity index (χ0) is 17.9. The molecule has 0 bridgehead atoms. The fraction of sp³-hybridized carbons (Fsp3) is 0.353. The molecule has 2 heterocycles. The maximum absolute atomic E-state index is 11.8. The molecule has 0 aliphatic heterocycles. The number of hydrogen-bond donors (Lipinski definition) is 3. The Bertz CT molecular complexity index is 677. The van der Waals surface area contributed by atoms with Crippen molar-refractivity contribution in [2.45, 2.75) is 19.9 Å². The summed E-state index contributed by atoms with van der Waals surface area (Å²) in [6.45, 7) is 3.75. The van der Waals surface area contributed by atoms with Gasteiger partial charge in [-0.15, -0.1) is 24.0 Å². The molecule has 0 saturated carbocycles. The molecular weight excluding hydrogens is 469 g/mol. The van der Waals surface area contributed by atoms with E-state index in [0.29, 0.717) is 36.5 Å². The van der Waals surface area contributed by atoms with Crippen LogP contribution in [-0.2, 0) is 17.8 Å². The van der Waals surface area contributed by atoms with E-state index < -0.39 is 0 Å². The summed E-state index contributed by atoms with van der Waals surface area (Å²) in [5, 5.41) is 9.53. The third kappa shape index (κ3) is 8.52. The highest BCUT2D eigenvalue weighted by atomic mass is 127. The molecule has 0 aliphatic rings. The van der Waals surface area contributed by atoms with Crippen LogP contribution in [-0.4, -0.2) is 36.5 Å². The van der Waals surface area contributed by atoms with Crippen molar-refractivity contribution in [2.24, 2.45) is 4.99 Å². The second kappa shape index (κ2) is 12.5. The van der Waals surface area contributed by atoms with Gasteiger partial charge in [0.05, 0.1) is 12.8 Å². The highest BCUT2D eigenvalue weighted by molar-refractivity contribution is 14.0. The van der Waals surface area contributed by atoms with Crippen LogP contribution in [0.2, 0.25) is 5.15 Å². The predicted octanol–water partition coefficient (Wildman–Crippen LogP) is 2.36. The van der Waals surface area contributed by atoms with Crippen molar-refractivity contribution < 1.29 is 9.21 Å². The van der Waals surface area contributed by atoms with Gasteiger partial charge >= 0.3 is 0 Å². The SMILES string of the molecule is CCNC(=NCC(=O)NCc1ccco1)NCCc1ccc(Cl)nc1.I. The van der Waals surface area contributed by atoms with E-state index >= 15 is 0 Å². The average Bonchev–Trinajstić information content (AvgIpc) is 3.13. The third-order valence-corrected chi connectivity index (χ3v) is 3.48. The van der Waals surface area contributed by atoms with Gasteiger partial charge in [-0.2, -0.15) is 0 Å². The first-order valence-corrected chi connectivity index (χ1v) is 8.47. The monoisotopic (exact) mass is 491 g/mol. The maximum Gasteiger partial charge on any atom is 0.242 e. The largest absolute Gasteiger partial charge is 0.467 e. The Labute approximate surface area is 175 Å². The van der Waals surface area contributed by atoms with Gasteiger partial charge in [0.25, 0.3) is 0 Å². The number of halogens is 2. The van der Waals surface area contributed by atoms with Crippen LogP contribution in [0.3, 0.4) is 0 Å². The number of hydrogen-bond acceptors (Lipinski definition) is 4. The summed E-state index contributed by atoms with van der Waals surface area (Å²) in [5.41, 5.74) is 1.07. The predicted molar refractivity (Wildman–Crippen MR) is 113 cm³/mol. The summed E-state index contributed by atoms with van der Waals surface area (Å²) in [4.78, 5) is 20.2. The minimum Gasteiger partial charge on any atom is -0.467 e. The average molecular weight is 492 g/mol. The molecule has 0 unspecified atom stereocenters. The summed E-state index contributed by atoms with van der Waals surface area (Å²) in [7, 11) is 0. The van der Waals surface area contributed by atoms with Gasteiger partial charge in [0.2, 0.25) is 5.91 Å². The molecule has 0 radical (unpaired) electrons. The van der Waals surface area contributed by atoms with Gasteiger partial charge in [-0.25, -0.2) is 9.98 Å². The Hall–Kier alpha value is -1.81. The first kappa shape index (κ1) is 22.2. The lowest BCUT2D eigenvalue weighted by molar-refractivity contribution is -0.119. The molecular formula is C17H23ClIN5O2. The summed E-state index contributed by atoms with van der Waals surface area (Å²) in [5.74, 6) is 1.13. The minimum atomic E-state index is -0.171. The van der Waals surface area contributed by atoms with Crippen molar-refractivity contribution in [3.63, 3.8) is 0 Å². The van der Waals surface area contributed by atoms with Crippen molar-refractivity contribution >= 4 is 47.4 Å². The van der Waals surface area contributed by atoms with Crippen LogP contribution in [0, 0.1) is 0 Å². The number of amides is 1. The second-order valence-corrected chi connectivity index (χ2v) is 5.60. The van der Waals surface area contributed by atoms with Crippen LogP contribution < -0.4 is 16.0 Å². The molecule has 9 heteroatoms. The van der Waals surface area contributed by atoms with Crippen molar-refractivity contribution in [2.75, 3.05) is 19.6 Å². The number of aliphatic imine (C=N–C) groups is 1. The summed E-state index contributed by atoms with van der Waals surface area (Å²) < 4.78 is 5.16. The first-order chi connectivity index (χ1) is 12.2. The van der Waals surface area contributed by atoms with Gasteiger partial charge < -0.3 is 20.4 Å². The van der Waals surface area contributed by atoms with E-state index in [2.05, 4.69) is 25.9 Å². The number of aromatic nitrogens is 1. The third-order valence-electron chi connectivity index (χ3n) is 3.26. The smallest absolute Gasteiger partial charge is 0.242 e. The zero-order valence-electron chi connectivity index (χ0n) is 14.5. The van der Waals surface area contributed by atoms with Gasteiger partial charge in [0, 0.05) is 19.3 Å². The number of furan rings is 1. The molecule has 0 atom stereocenters. The van der Waals surface area contributed by atoms with Crippen LogP contribution in [0.5, 0.6) is 0 Å². The molecule has 2 rings (SSSR count). The maximum atomic E-state index is 11.8. The van der Waals surface area contributed by atoms with Crippen LogP contribution in [0.4, 0.5) is 0 Å². The number of carbonyl (C=O) groups excluding carboxylic acids is 1. The molecule has 26 heavy (non-hydrogen) atoms. The van der Waals surface area contributed by atoms with Gasteiger partial charge in [-0.3, -0.25) is 4.79 Å². The molecule has 0 aliphatic carbocycles. The first-order valence-electron chi connectivity index (χ1n) is 8.09. The second-order valence-electron chi connectivity index (χ2n) is 5.22. The Morgan fingerprint density at radius 1 is 1.27 bits per heavy atom. The van der Waals surface area contributed by atoms with Crippen molar-refractivity contribution in [3.05, 3.63) is 53.2 Å². The van der Waals surface area contributed by atoms with E-state index in [-0.39, 0.29) is 36.4 Å². The molecule has 0 fully saturated rings. The topological polar surface area (TPSA) is 91.5 Å². The molecule has 2 aromatic rings. The standard InChI is InChI=1S/C17H22ClN5O2.HI/c1-2-19-17(20-8-7-13-5-6-15(18)21-10-13)23-12-16(24)22-11-14-4-3-9-25-14;/h3-6,9-10H,2,7-8,11-12H2,1H3,(H,22,24)(H2,19,20,23);1H. The summed E-state index contributed by atoms with van der Waals surface area (Å²) >= 11 is 5.77. The fourth-order valence-corrected chi connectivity index (χ4v) is 2.14.